The third kappa shape index (κ3) is 3.75. The first-order chi connectivity index (χ1) is 17.2. The number of fused-ring (bicyclic) bond motifs is 5. The second-order valence-corrected chi connectivity index (χ2v) is 13.5. The fraction of sp³-hybridized carbons (Fsp3) is 0.800. The van der Waals surface area contributed by atoms with Crippen LogP contribution in [-0.4, -0.2) is 26.3 Å². The topological polar surface area (TPSA) is 103 Å². The summed E-state index contributed by atoms with van der Waals surface area (Å²) in [4.78, 5) is 13.9. The van der Waals surface area contributed by atoms with Gasteiger partial charge in [0.1, 0.15) is 24.4 Å². The Hall–Kier alpha value is -2.18. The SMILES string of the molecule is C[C@@]1(O)CC[C@H]2[C@H](CC[C@@H]3[C@@H]2CC[C@@]2(C)[C@H]3[C@H](C3CCC3)C[C@@H]2C(=O)Cn2nc(C#N)cc2C#N)C1. The minimum atomic E-state index is -0.489. The molecule has 0 radical (unpaired) electrons. The molecule has 0 amide bonds. The van der Waals surface area contributed by atoms with Crippen molar-refractivity contribution in [2.75, 3.05) is 0 Å². The Labute approximate surface area is 215 Å². The number of nitrogens with zero attached hydrogens (tertiary/aromatic N) is 4. The van der Waals surface area contributed by atoms with Crippen molar-refractivity contribution in [3.63, 3.8) is 0 Å². The largest absolute Gasteiger partial charge is 0.390 e. The zero-order valence-electron chi connectivity index (χ0n) is 21.8. The number of ketones is 1. The summed E-state index contributed by atoms with van der Waals surface area (Å²) in [6, 6.07) is 5.59. The molecule has 5 aliphatic rings. The standard InChI is InChI=1S/C30H40N4O2/c1-29(36)10-8-22-19(14-29)6-7-24-23(22)9-11-30(2)26(13-25(28(24)30)18-4-3-5-18)27(35)17-34-21(16-32)12-20(15-31)33-34/h12,18-19,22-26,28,36H,3-11,13-14,17H2,1-2H3/t19-,22+,23-,24-,25+,26-,28-,29-,30-/m1/s1. The number of carbonyl (C=O) groups excluding carboxylic acids is 1. The molecule has 0 aliphatic heterocycles. The molecular formula is C30H40N4O2. The van der Waals surface area contributed by atoms with E-state index in [0.29, 0.717) is 29.4 Å². The lowest BCUT2D eigenvalue weighted by atomic mass is 9.47. The van der Waals surface area contributed by atoms with E-state index in [-0.39, 0.29) is 29.4 Å². The van der Waals surface area contributed by atoms with E-state index >= 15 is 0 Å². The summed E-state index contributed by atoms with van der Waals surface area (Å²) in [6.45, 7) is 4.55. The van der Waals surface area contributed by atoms with E-state index in [9.17, 15) is 20.4 Å². The number of hydrogen-bond donors (Lipinski definition) is 1. The summed E-state index contributed by atoms with van der Waals surface area (Å²) in [5.74, 6) is 5.11. The third-order valence-electron chi connectivity index (χ3n) is 11.8. The molecule has 6 nitrogen and oxygen atoms in total. The molecule has 6 heteroatoms. The first-order valence-corrected chi connectivity index (χ1v) is 14.4. The Balaban J connectivity index is 1.28. The van der Waals surface area contributed by atoms with Gasteiger partial charge in [0.15, 0.2) is 11.5 Å². The number of aliphatic hydroxyl groups is 1. The van der Waals surface area contributed by atoms with Crippen molar-refractivity contribution in [2.24, 2.45) is 52.8 Å². The fourth-order valence-corrected chi connectivity index (χ4v) is 10.1. The van der Waals surface area contributed by atoms with Crippen LogP contribution in [0.15, 0.2) is 6.07 Å². The summed E-state index contributed by atoms with van der Waals surface area (Å²) in [7, 11) is 0. The van der Waals surface area contributed by atoms with E-state index in [0.717, 1.165) is 49.9 Å². The molecule has 192 valence electrons. The highest BCUT2D eigenvalue weighted by atomic mass is 16.3. The number of nitriles is 2. The van der Waals surface area contributed by atoms with Crippen LogP contribution in [0.2, 0.25) is 0 Å². The molecule has 5 saturated carbocycles. The van der Waals surface area contributed by atoms with Gasteiger partial charge in [-0.1, -0.05) is 26.2 Å². The van der Waals surface area contributed by atoms with Gasteiger partial charge in [0.25, 0.3) is 0 Å². The first kappa shape index (κ1) is 24.2. The molecule has 5 aliphatic carbocycles. The van der Waals surface area contributed by atoms with E-state index in [1.165, 1.54) is 49.3 Å². The molecule has 6 rings (SSSR count). The van der Waals surface area contributed by atoms with E-state index in [1.807, 2.05) is 13.0 Å². The monoisotopic (exact) mass is 488 g/mol. The van der Waals surface area contributed by atoms with Gasteiger partial charge in [-0.15, -0.1) is 0 Å². The number of Topliss-reactive ketones (excluding diaryl/α,β-unsaturated/α-hetero) is 1. The molecule has 1 aromatic heterocycles. The number of aromatic nitrogens is 2. The van der Waals surface area contributed by atoms with Crippen LogP contribution in [0.5, 0.6) is 0 Å². The van der Waals surface area contributed by atoms with Gasteiger partial charge in [0, 0.05) is 12.0 Å². The molecule has 0 aromatic carbocycles. The Morgan fingerprint density at radius 3 is 2.50 bits per heavy atom. The predicted molar refractivity (Wildman–Crippen MR) is 134 cm³/mol. The van der Waals surface area contributed by atoms with Crippen LogP contribution in [0.3, 0.4) is 0 Å². The van der Waals surface area contributed by atoms with Crippen molar-refractivity contribution in [3.8, 4) is 12.1 Å². The Morgan fingerprint density at radius 1 is 1.03 bits per heavy atom. The van der Waals surface area contributed by atoms with Gasteiger partial charge in [0.2, 0.25) is 0 Å². The first-order valence-electron chi connectivity index (χ1n) is 14.4. The van der Waals surface area contributed by atoms with Gasteiger partial charge in [-0.3, -0.25) is 4.79 Å². The number of hydrogen-bond acceptors (Lipinski definition) is 5. The average molecular weight is 489 g/mol. The molecule has 36 heavy (non-hydrogen) atoms. The maximum Gasteiger partial charge on any atom is 0.163 e. The summed E-state index contributed by atoms with van der Waals surface area (Å²) < 4.78 is 1.46. The van der Waals surface area contributed by atoms with E-state index in [2.05, 4.69) is 18.1 Å². The van der Waals surface area contributed by atoms with Gasteiger partial charge < -0.3 is 5.11 Å². The lowest BCUT2D eigenvalue weighted by molar-refractivity contribution is -0.134. The maximum absolute atomic E-state index is 13.9. The molecule has 0 spiro atoms. The van der Waals surface area contributed by atoms with Crippen LogP contribution >= 0.6 is 0 Å². The zero-order chi connectivity index (χ0) is 25.2. The van der Waals surface area contributed by atoms with Crippen molar-refractivity contribution in [1.82, 2.24) is 9.78 Å². The van der Waals surface area contributed by atoms with Gasteiger partial charge >= 0.3 is 0 Å². The second-order valence-electron chi connectivity index (χ2n) is 13.5. The Kier molecular flexibility index (Phi) is 5.84. The lowest BCUT2D eigenvalue weighted by Gasteiger charge is -2.58. The lowest BCUT2D eigenvalue weighted by Crippen LogP contribution is -2.52. The van der Waals surface area contributed by atoms with E-state index in [4.69, 9.17) is 0 Å². The fourth-order valence-electron chi connectivity index (χ4n) is 10.1. The highest BCUT2D eigenvalue weighted by molar-refractivity contribution is 5.82. The van der Waals surface area contributed by atoms with Crippen molar-refractivity contribution in [3.05, 3.63) is 17.5 Å². The number of rotatable bonds is 4. The molecule has 9 atom stereocenters. The summed E-state index contributed by atoms with van der Waals surface area (Å²) in [6.07, 6.45) is 12.8. The van der Waals surface area contributed by atoms with Crippen LogP contribution in [0.1, 0.15) is 95.9 Å². The zero-order valence-corrected chi connectivity index (χ0v) is 21.8. The second kappa shape index (κ2) is 8.70. The predicted octanol–water partition coefficient (Wildman–Crippen LogP) is 5.24. The van der Waals surface area contributed by atoms with E-state index in [1.54, 1.807) is 0 Å². The molecule has 1 heterocycles. The molecule has 5 fully saturated rings. The smallest absolute Gasteiger partial charge is 0.163 e. The average Bonchev–Trinajstić information content (AvgIpc) is 3.35. The maximum atomic E-state index is 13.9. The van der Waals surface area contributed by atoms with Crippen LogP contribution in [-0.2, 0) is 11.3 Å². The minimum absolute atomic E-state index is 0.0140. The minimum Gasteiger partial charge on any atom is -0.390 e. The molecule has 0 bridgehead atoms. The molecule has 0 unspecified atom stereocenters. The Morgan fingerprint density at radius 2 is 1.81 bits per heavy atom. The van der Waals surface area contributed by atoms with Crippen LogP contribution in [0.4, 0.5) is 0 Å². The normalized spacial score (nSPS) is 43.9. The molecule has 1 N–H and O–H groups in total. The third-order valence-corrected chi connectivity index (χ3v) is 11.8. The van der Waals surface area contributed by atoms with Gasteiger partial charge in [-0.05, 0) is 105 Å². The molecular weight excluding hydrogens is 448 g/mol. The van der Waals surface area contributed by atoms with Gasteiger partial charge in [0.05, 0.1) is 5.60 Å². The van der Waals surface area contributed by atoms with Crippen LogP contribution < -0.4 is 0 Å². The molecule has 1 aromatic rings. The summed E-state index contributed by atoms with van der Waals surface area (Å²) in [5.41, 5.74) is 0.0246. The number of carbonyl (C=O) groups is 1. The van der Waals surface area contributed by atoms with Crippen molar-refractivity contribution in [2.45, 2.75) is 96.6 Å². The highest BCUT2D eigenvalue weighted by Gasteiger charge is 2.63. The van der Waals surface area contributed by atoms with E-state index < -0.39 is 5.60 Å². The van der Waals surface area contributed by atoms with Crippen molar-refractivity contribution < 1.29 is 9.90 Å². The summed E-state index contributed by atoms with van der Waals surface area (Å²) in [5, 5.41) is 33.7. The van der Waals surface area contributed by atoms with Gasteiger partial charge in [-0.25, -0.2) is 4.68 Å². The summed E-state index contributed by atoms with van der Waals surface area (Å²) >= 11 is 0. The Bertz CT molecular complexity index is 1120. The molecule has 0 saturated heterocycles. The van der Waals surface area contributed by atoms with Crippen molar-refractivity contribution >= 4 is 5.78 Å². The van der Waals surface area contributed by atoms with Gasteiger partial charge in [-0.2, -0.15) is 15.6 Å². The van der Waals surface area contributed by atoms with Crippen molar-refractivity contribution in [1.29, 1.82) is 10.5 Å². The highest BCUT2D eigenvalue weighted by Crippen LogP contribution is 2.68. The van der Waals surface area contributed by atoms with Crippen LogP contribution in [0.25, 0.3) is 0 Å². The van der Waals surface area contributed by atoms with Crippen LogP contribution in [0, 0.1) is 75.4 Å². The quantitative estimate of drug-likeness (QED) is 0.624.